The molecule has 4 heteroatoms. The van der Waals surface area contributed by atoms with Crippen molar-refractivity contribution in [1.82, 2.24) is 10.3 Å². The number of aryl methyl sites for hydroxylation is 1. The van der Waals surface area contributed by atoms with Gasteiger partial charge in [-0.3, -0.25) is 4.79 Å². The second-order valence-corrected chi connectivity index (χ2v) is 4.80. The number of Topliss-reactive ketones (excluding diaryl/α,β-unsaturated/α-hetero) is 1. The van der Waals surface area contributed by atoms with Crippen LogP contribution in [0, 0.1) is 6.92 Å². The molecule has 0 aromatic carbocycles. The van der Waals surface area contributed by atoms with Crippen LogP contribution in [0.25, 0.3) is 0 Å². The normalized spacial score (nSPS) is 11.7. The maximum Gasteiger partial charge on any atom is 0.159 e. The zero-order valence-corrected chi connectivity index (χ0v) is 9.86. The standard InChI is InChI=1S/C10H16N2OS/c1-7-6-14-9(12-7)5-8(13)10(2,3)11-4/h6,11H,5H2,1-4H3. The van der Waals surface area contributed by atoms with E-state index in [1.807, 2.05) is 26.2 Å². The molecular weight excluding hydrogens is 196 g/mol. The molecule has 78 valence electrons. The lowest BCUT2D eigenvalue weighted by atomic mass is 9.97. The first-order valence-electron chi connectivity index (χ1n) is 4.59. The van der Waals surface area contributed by atoms with E-state index in [-0.39, 0.29) is 5.78 Å². The summed E-state index contributed by atoms with van der Waals surface area (Å²) in [5.74, 6) is 0.175. The molecule has 1 heterocycles. The molecule has 0 saturated heterocycles. The van der Waals surface area contributed by atoms with Gasteiger partial charge in [0.2, 0.25) is 0 Å². The molecule has 0 atom stereocenters. The maximum absolute atomic E-state index is 11.8. The van der Waals surface area contributed by atoms with E-state index in [2.05, 4.69) is 10.3 Å². The smallest absolute Gasteiger partial charge is 0.159 e. The van der Waals surface area contributed by atoms with Crippen LogP contribution in [0.2, 0.25) is 0 Å². The fourth-order valence-corrected chi connectivity index (χ4v) is 1.75. The highest BCUT2D eigenvalue weighted by Gasteiger charge is 2.25. The largest absolute Gasteiger partial charge is 0.308 e. The van der Waals surface area contributed by atoms with Crippen molar-refractivity contribution < 1.29 is 4.79 Å². The molecule has 0 unspecified atom stereocenters. The Balaban J connectivity index is 2.66. The summed E-state index contributed by atoms with van der Waals surface area (Å²) in [6.07, 6.45) is 0.423. The van der Waals surface area contributed by atoms with Crippen LogP contribution in [0.5, 0.6) is 0 Å². The van der Waals surface area contributed by atoms with Crippen LogP contribution in [-0.2, 0) is 11.2 Å². The zero-order valence-electron chi connectivity index (χ0n) is 9.05. The molecule has 0 fully saturated rings. The van der Waals surface area contributed by atoms with Crippen molar-refractivity contribution in [2.45, 2.75) is 32.7 Å². The number of aromatic nitrogens is 1. The van der Waals surface area contributed by atoms with Gasteiger partial charge in [0.25, 0.3) is 0 Å². The Morgan fingerprint density at radius 1 is 1.64 bits per heavy atom. The van der Waals surface area contributed by atoms with Gasteiger partial charge >= 0.3 is 0 Å². The van der Waals surface area contributed by atoms with Crippen LogP contribution in [0.15, 0.2) is 5.38 Å². The van der Waals surface area contributed by atoms with Gasteiger partial charge in [0.1, 0.15) is 5.01 Å². The summed E-state index contributed by atoms with van der Waals surface area (Å²) < 4.78 is 0. The molecule has 0 saturated carbocycles. The van der Waals surface area contributed by atoms with Crippen molar-refractivity contribution in [2.75, 3.05) is 7.05 Å². The van der Waals surface area contributed by atoms with Crippen molar-refractivity contribution >= 4 is 17.1 Å². The molecule has 1 aromatic rings. The van der Waals surface area contributed by atoms with E-state index in [1.54, 1.807) is 18.4 Å². The van der Waals surface area contributed by atoms with Crippen molar-refractivity contribution in [2.24, 2.45) is 0 Å². The predicted octanol–water partition coefficient (Wildman–Crippen LogP) is 1.56. The van der Waals surface area contributed by atoms with Gasteiger partial charge in [-0.1, -0.05) is 0 Å². The summed E-state index contributed by atoms with van der Waals surface area (Å²) in [6, 6.07) is 0. The van der Waals surface area contributed by atoms with Gasteiger partial charge in [0, 0.05) is 11.1 Å². The first-order valence-corrected chi connectivity index (χ1v) is 5.47. The molecule has 14 heavy (non-hydrogen) atoms. The number of likely N-dealkylation sites (N-methyl/N-ethyl adjacent to an activating group) is 1. The Bertz CT molecular complexity index is 331. The average Bonchev–Trinajstić information content (AvgIpc) is 2.51. The van der Waals surface area contributed by atoms with Gasteiger partial charge in [-0.25, -0.2) is 4.98 Å². The number of nitrogens with one attached hydrogen (secondary N) is 1. The number of ketones is 1. The SMILES string of the molecule is CNC(C)(C)C(=O)Cc1nc(C)cs1. The summed E-state index contributed by atoms with van der Waals surface area (Å²) in [5.41, 5.74) is 0.527. The van der Waals surface area contributed by atoms with Crippen molar-refractivity contribution in [3.05, 3.63) is 16.1 Å². The topological polar surface area (TPSA) is 42.0 Å². The highest BCUT2D eigenvalue weighted by Crippen LogP contribution is 2.13. The van der Waals surface area contributed by atoms with E-state index in [1.165, 1.54) is 0 Å². The Labute approximate surface area is 88.6 Å². The second kappa shape index (κ2) is 4.19. The van der Waals surface area contributed by atoms with Gasteiger partial charge in [0.15, 0.2) is 5.78 Å². The summed E-state index contributed by atoms with van der Waals surface area (Å²) in [5, 5.41) is 5.86. The molecule has 1 rings (SSSR count). The molecule has 0 spiro atoms. The molecule has 3 nitrogen and oxygen atoms in total. The molecular formula is C10H16N2OS. The van der Waals surface area contributed by atoms with Crippen LogP contribution in [0.4, 0.5) is 0 Å². The minimum absolute atomic E-state index is 0.175. The van der Waals surface area contributed by atoms with Gasteiger partial charge in [0.05, 0.1) is 12.0 Å². The van der Waals surface area contributed by atoms with E-state index in [0.717, 1.165) is 10.7 Å². The van der Waals surface area contributed by atoms with Crippen LogP contribution in [-0.4, -0.2) is 23.4 Å². The number of carbonyl (C=O) groups excluding carboxylic acids is 1. The summed E-state index contributed by atoms with van der Waals surface area (Å²) in [6.45, 7) is 5.71. The fourth-order valence-electron chi connectivity index (χ4n) is 0.982. The Hall–Kier alpha value is -0.740. The minimum atomic E-state index is -0.459. The third-order valence-corrected chi connectivity index (χ3v) is 3.27. The number of thiazole rings is 1. The highest BCUT2D eigenvalue weighted by molar-refractivity contribution is 7.09. The highest BCUT2D eigenvalue weighted by atomic mass is 32.1. The Morgan fingerprint density at radius 2 is 2.29 bits per heavy atom. The van der Waals surface area contributed by atoms with E-state index >= 15 is 0 Å². The Kier molecular flexibility index (Phi) is 3.39. The monoisotopic (exact) mass is 212 g/mol. The van der Waals surface area contributed by atoms with Crippen LogP contribution in [0.3, 0.4) is 0 Å². The van der Waals surface area contributed by atoms with E-state index in [4.69, 9.17) is 0 Å². The maximum atomic E-state index is 11.8. The molecule has 0 aliphatic heterocycles. The van der Waals surface area contributed by atoms with Crippen LogP contribution < -0.4 is 5.32 Å². The lowest BCUT2D eigenvalue weighted by Gasteiger charge is -2.21. The third kappa shape index (κ3) is 2.62. The molecule has 0 amide bonds. The molecule has 0 aliphatic rings. The third-order valence-electron chi connectivity index (χ3n) is 2.30. The van der Waals surface area contributed by atoms with Gasteiger partial charge in [-0.05, 0) is 27.8 Å². The van der Waals surface area contributed by atoms with E-state index < -0.39 is 5.54 Å². The summed E-state index contributed by atoms with van der Waals surface area (Å²) >= 11 is 1.54. The van der Waals surface area contributed by atoms with Crippen molar-refractivity contribution in [3.63, 3.8) is 0 Å². The van der Waals surface area contributed by atoms with Crippen molar-refractivity contribution in [3.8, 4) is 0 Å². The Morgan fingerprint density at radius 3 is 2.71 bits per heavy atom. The molecule has 0 radical (unpaired) electrons. The number of hydrogen-bond acceptors (Lipinski definition) is 4. The first kappa shape index (κ1) is 11.3. The first-order chi connectivity index (χ1) is 6.45. The molecule has 1 aromatic heterocycles. The van der Waals surface area contributed by atoms with E-state index in [0.29, 0.717) is 6.42 Å². The van der Waals surface area contributed by atoms with Crippen LogP contribution >= 0.6 is 11.3 Å². The quantitative estimate of drug-likeness (QED) is 0.823. The summed E-state index contributed by atoms with van der Waals surface area (Å²) in [7, 11) is 1.80. The van der Waals surface area contributed by atoms with E-state index in [9.17, 15) is 4.79 Å². The molecule has 0 aliphatic carbocycles. The molecule has 1 N–H and O–H groups in total. The van der Waals surface area contributed by atoms with Gasteiger partial charge < -0.3 is 5.32 Å². The van der Waals surface area contributed by atoms with Crippen LogP contribution in [0.1, 0.15) is 24.5 Å². The van der Waals surface area contributed by atoms with Gasteiger partial charge in [-0.2, -0.15) is 0 Å². The van der Waals surface area contributed by atoms with Gasteiger partial charge in [-0.15, -0.1) is 11.3 Å². The lowest BCUT2D eigenvalue weighted by Crippen LogP contribution is -2.45. The average molecular weight is 212 g/mol. The number of carbonyl (C=O) groups is 1. The lowest BCUT2D eigenvalue weighted by molar-refractivity contribution is -0.123. The minimum Gasteiger partial charge on any atom is -0.308 e. The summed E-state index contributed by atoms with van der Waals surface area (Å²) in [4.78, 5) is 16.0. The number of rotatable bonds is 4. The second-order valence-electron chi connectivity index (χ2n) is 3.86. The molecule has 0 bridgehead atoms. The van der Waals surface area contributed by atoms with Crippen molar-refractivity contribution in [1.29, 1.82) is 0 Å². The fraction of sp³-hybridized carbons (Fsp3) is 0.600. The zero-order chi connectivity index (χ0) is 10.8. The number of nitrogens with zero attached hydrogens (tertiary/aromatic N) is 1. The predicted molar refractivity (Wildman–Crippen MR) is 58.7 cm³/mol. The number of hydrogen-bond donors (Lipinski definition) is 1.